The zero-order valence-corrected chi connectivity index (χ0v) is 12.3. The Labute approximate surface area is 123 Å². The van der Waals surface area contributed by atoms with Crippen molar-refractivity contribution >= 4 is 27.3 Å². The third-order valence-corrected chi connectivity index (χ3v) is 3.33. The normalized spacial score (nSPS) is 10.3. The molecule has 0 atom stereocenters. The number of hydrogen-bond donors (Lipinski definition) is 1. The van der Waals surface area contributed by atoms with Gasteiger partial charge in [-0.05, 0) is 22.0 Å². The molecule has 1 heterocycles. The molecule has 0 saturated carbocycles. The molecule has 0 aliphatic carbocycles. The molecule has 2 rings (SSSR count). The highest BCUT2D eigenvalue weighted by atomic mass is 79.9. The standard InChI is InChI=1S/C13H12BrN3O3/c1-15-13-9(3-2-4-11(13)17(19)20)7-16-8-10(14)5-6-12(16)18/h2-6,8,15H,7H2,1H3. The molecule has 20 heavy (non-hydrogen) atoms. The van der Waals surface area contributed by atoms with Crippen LogP contribution in [-0.2, 0) is 6.54 Å². The predicted molar refractivity (Wildman–Crippen MR) is 80.1 cm³/mol. The van der Waals surface area contributed by atoms with Crippen molar-refractivity contribution in [3.63, 3.8) is 0 Å². The van der Waals surface area contributed by atoms with Gasteiger partial charge in [-0.15, -0.1) is 0 Å². The third-order valence-electron chi connectivity index (χ3n) is 2.86. The van der Waals surface area contributed by atoms with Gasteiger partial charge in [0.2, 0.25) is 0 Å². The maximum atomic E-state index is 11.8. The summed E-state index contributed by atoms with van der Waals surface area (Å²) in [5.41, 5.74) is 0.932. The summed E-state index contributed by atoms with van der Waals surface area (Å²) < 4.78 is 2.26. The summed E-state index contributed by atoms with van der Waals surface area (Å²) in [6.07, 6.45) is 1.65. The fourth-order valence-corrected chi connectivity index (χ4v) is 2.35. The van der Waals surface area contributed by atoms with Crippen LogP contribution < -0.4 is 10.9 Å². The Morgan fingerprint density at radius 2 is 2.10 bits per heavy atom. The maximum absolute atomic E-state index is 11.8. The second-order valence-corrected chi connectivity index (χ2v) is 5.05. The van der Waals surface area contributed by atoms with Crippen molar-refractivity contribution in [2.24, 2.45) is 0 Å². The Bertz CT molecular complexity index is 712. The van der Waals surface area contributed by atoms with Crippen LogP contribution in [0.4, 0.5) is 11.4 Å². The van der Waals surface area contributed by atoms with E-state index in [1.54, 1.807) is 31.4 Å². The van der Waals surface area contributed by atoms with Crippen molar-refractivity contribution in [1.29, 1.82) is 0 Å². The number of pyridine rings is 1. The van der Waals surface area contributed by atoms with E-state index in [4.69, 9.17) is 0 Å². The van der Waals surface area contributed by atoms with Crippen LogP contribution in [-0.4, -0.2) is 16.5 Å². The van der Waals surface area contributed by atoms with Crippen LogP contribution in [0.15, 0.2) is 45.8 Å². The summed E-state index contributed by atoms with van der Waals surface area (Å²) >= 11 is 3.30. The van der Waals surface area contributed by atoms with Gasteiger partial charge < -0.3 is 9.88 Å². The highest BCUT2D eigenvalue weighted by Crippen LogP contribution is 2.28. The number of hydrogen-bond acceptors (Lipinski definition) is 4. The smallest absolute Gasteiger partial charge is 0.292 e. The van der Waals surface area contributed by atoms with Gasteiger partial charge in [0.15, 0.2) is 0 Å². The zero-order chi connectivity index (χ0) is 14.7. The highest BCUT2D eigenvalue weighted by Gasteiger charge is 2.16. The van der Waals surface area contributed by atoms with Crippen LogP contribution in [0, 0.1) is 10.1 Å². The van der Waals surface area contributed by atoms with Gasteiger partial charge in [0.25, 0.3) is 11.2 Å². The summed E-state index contributed by atoms with van der Waals surface area (Å²) in [5.74, 6) is 0. The van der Waals surface area contributed by atoms with E-state index in [2.05, 4.69) is 21.2 Å². The van der Waals surface area contributed by atoms with Gasteiger partial charge in [-0.2, -0.15) is 0 Å². The molecule has 0 aliphatic rings. The zero-order valence-electron chi connectivity index (χ0n) is 10.7. The Hall–Kier alpha value is -2.15. The number of anilines is 1. The first-order chi connectivity index (χ1) is 9.52. The first kappa shape index (κ1) is 14.3. The van der Waals surface area contributed by atoms with Gasteiger partial charge in [-0.25, -0.2) is 0 Å². The molecule has 0 fully saturated rings. The molecule has 0 bridgehead atoms. The number of nitrogens with one attached hydrogen (secondary N) is 1. The third kappa shape index (κ3) is 2.88. The van der Waals surface area contributed by atoms with Gasteiger partial charge in [-0.1, -0.05) is 12.1 Å². The Morgan fingerprint density at radius 1 is 1.35 bits per heavy atom. The highest BCUT2D eigenvalue weighted by molar-refractivity contribution is 9.10. The molecule has 7 heteroatoms. The molecule has 0 amide bonds. The maximum Gasteiger partial charge on any atom is 0.292 e. The van der Waals surface area contributed by atoms with Crippen LogP contribution >= 0.6 is 15.9 Å². The minimum absolute atomic E-state index is 0.00644. The molecule has 1 aromatic carbocycles. The molecule has 1 aromatic heterocycles. The average molecular weight is 338 g/mol. The molecular formula is C13H12BrN3O3. The second kappa shape index (κ2) is 5.87. The molecule has 0 aliphatic heterocycles. The van der Waals surface area contributed by atoms with Crippen LogP contribution in [0.25, 0.3) is 0 Å². The van der Waals surface area contributed by atoms with Crippen molar-refractivity contribution in [3.05, 3.63) is 67.0 Å². The molecule has 1 N–H and O–H groups in total. The largest absolute Gasteiger partial charge is 0.382 e. The van der Waals surface area contributed by atoms with E-state index >= 15 is 0 Å². The van der Waals surface area contributed by atoms with Gasteiger partial charge in [0, 0.05) is 35.4 Å². The van der Waals surface area contributed by atoms with Crippen LogP contribution in [0.5, 0.6) is 0 Å². The number of nitro groups is 1. The Balaban J connectivity index is 2.48. The van der Waals surface area contributed by atoms with E-state index in [1.165, 1.54) is 16.7 Å². The summed E-state index contributed by atoms with van der Waals surface area (Å²) in [6, 6.07) is 7.90. The quantitative estimate of drug-likeness (QED) is 0.687. The molecule has 0 spiro atoms. The number of para-hydroxylation sites is 1. The topological polar surface area (TPSA) is 77.2 Å². The Morgan fingerprint density at radius 3 is 2.75 bits per heavy atom. The van der Waals surface area contributed by atoms with E-state index in [0.29, 0.717) is 11.3 Å². The van der Waals surface area contributed by atoms with Gasteiger partial charge in [0.05, 0.1) is 11.5 Å². The second-order valence-electron chi connectivity index (χ2n) is 4.13. The van der Waals surface area contributed by atoms with E-state index in [0.717, 1.165) is 4.47 Å². The first-order valence-corrected chi connectivity index (χ1v) is 6.62. The lowest BCUT2D eigenvalue weighted by Gasteiger charge is -2.11. The van der Waals surface area contributed by atoms with E-state index < -0.39 is 4.92 Å². The number of aromatic nitrogens is 1. The summed E-state index contributed by atoms with van der Waals surface area (Å²) in [4.78, 5) is 22.3. The monoisotopic (exact) mass is 337 g/mol. The van der Waals surface area contributed by atoms with Crippen LogP contribution in [0.3, 0.4) is 0 Å². The Kier molecular flexibility index (Phi) is 4.19. The fourth-order valence-electron chi connectivity index (χ4n) is 1.97. The number of nitro benzene ring substituents is 1. The van der Waals surface area contributed by atoms with Crippen molar-refractivity contribution in [1.82, 2.24) is 4.57 Å². The molecule has 2 aromatic rings. The van der Waals surface area contributed by atoms with E-state index in [1.807, 2.05) is 0 Å². The van der Waals surface area contributed by atoms with Crippen molar-refractivity contribution in [2.75, 3.05) is 12.4 Å². The number of benzene rings is 1. The van der Waals surface area contributed by atoms with E-state index in [9.17, 15) is 14.9 Å². The summed E-state index contributed by atoms with van der Waals surface area (Å²) in [5, 5.41) is 13.8. The van der Waals surface area contributed by atoms with Crippen LogP contribution in [0.1, 0.15) is 5.56 Å². The number of rotatable bonds is 4. The molecule has 6 nitrogen and oxygen atoms in total. The molecular weight excluding hydrogens is 326 g/mol. The fraction of sp³-hybridized carbons (Fsp3) is 0.154. The number of nitrogens with zero attached hydrogens (tertiary/aromatic N) is 2. The molecule has 0 unspecified atom stereocenters. The first-order valence-electron chi connectivity index (χ1n) is 5.83. The molecule has 104 valence electrons. The SMILES string of the molecule is CNc1c(Cn2cc(Br)ccc2=O)cccc1[N+](=O)[O-]. The number of halogens is 1. The minimum atomic E-state index is -0.445. The van der Waals surface area contributed by atoms with Crippen molar-refractivity contribution in [2.45, 2.75) is 6.54 Å². The summed E-state index contributed by atoms with van der Waals surface area (Å²) in [6.45, 7) is 0.260. The summed E-state index contributed by atoms with van der Waals surface area (Å²) in [7, 11) is 1.62. The molecule has 0 saturated heterocycles. The average Bonchev–Trinajstić information content (AvgIpc) is 2.42. The molecule has 0 radical (unpaired) electrons. The van der Waals surface area contributed by atoms with Gasteiger partial charge in [-0.3, -0.25) is 14.9 Å². The van der Waals surface area contributed by atoms with Crippen LogP contribution in [0.2, 0.25) is 0 Å². The van der Waals surface area contributed by atoms with E-state index in [-0.39, 0.29) is 17.8 Å². The van der Waals surface area contributed by atoms with Gasteiger partial charge in [0.1, 0.15) is 5.69 Å². The minimum Gasteiger partial charge on any atom is -0.382 e. The van der Waals surface area contributed by atoms with Crippen molar-refractivity contribution < 1.29 is 4.92 Å². The lowest BCUT2D eigenvalue weighted by Crippen LogP contribution is -2.19. The van der Waals surface area contributed by atoms with Crippen molar-refractivity contribution in [3.8, 4) is 0 Å². The predicted octanol–water partition coefficient (Wildman–Crippen LogP) is 2.61. The van der Waals surface area contributed by atoms with Gasteiger partial charge >= 0.3 is 0 Å². The lowest BCUT2D eigenvalue weighted by molar-refractivity contribution is -0.384. The lowest BCUT2D eigenvalue weighted by atomic mass is 10.1.